The van der Waals surface area contributed by atoms with Crippen LogP contribution in [0.3, 0.4) is 0 Å². The van der Waals surface area contributed by atoms with Crippen LogP contribution in [0.4, 0.5) is 4.39 Å². The van der Waals surface area contributed by atoms with Crippen LogP contribution >= 0.6 is 0 Å². The number of para-hydroxylation sites is 1. The lowest BCUT2D eigenvalue weighted by atomic mass is 10.0. The topological polar surface area (TPSA) is 51.5 Å². The maximum Gasteiger partial charge on any atom is 0.353 e. The Morgan fingerprint density at radius 1 is 1.00 bits per heavy atom. The first kappa shape index (κ1) is 19.4. The van der Waals surface area contributed by atoms with Crippen molar-refractivity contribution < 1.29 is 19.0 Å². The van der Waals surface area contributed by atoms with Gasteiger partial charge in [0.05, 0.1) is 6.61 Å². The van der Waals surface area contributed by atoms with Gasteiger partial charge in [-0.25, -0.2) is 9.18 Å². The van der Waals surface area contributed by atoms with Crippen LogP contribution in [-0.2, 0) is 6.54 Å². The van der Waals surface area contributed by atoms with Crippen molar-refractivity contribution >= 4 is 16.9 Å². The molecule has 1 aromatic heterocycles. The summed E-state index contributed by atoms with van der Waals surface area (Å²) in [6, 6.07) is 21.4. The van der Waals surface area contributed by atoms with Crippen LogP contribution in [0.1, 0.15) is 28.9 Å². The first-order valence-electron chi connectivity index (χ1n) is 10.4. The Bertz CT molecular complexity index is 1240. The summed E-state index contributed by atoms with van der Waals surface area (Å²) in [6.07, 6.45) is 2.46. The summed E-state index contributed by atoms with van der Waals surface area (Å²) >= 11 is 0. The van der Waals surface area contributed by atoms with Crippen molar-refractivity contribution in [1.29, 1.82) is 0 Å². The van der Waals surface area contributed by atoms with Crippen LogP contribution in [0.5, 0.6) is 5.75 Å². The fourth-order valence-corrected chi connectivity index (χ4v) is 3.97. The monoisotopic (exact) mass is 415 g/mol. The number of carboxylic acids is 1. The summed E-state index contributed by atoms with van der Waals surface area (Å²) in [6.45, 7) is 1.07. The Labute approximate surface area is 179 Å². The van der Waals surface area contributed by atoms with E-state index in [0.29, 0.717) is 18.0 Å². The Morgan fingerprint density at radius 2 is 1.71 bits per heavy atom. The molecule has 4 aromatic rings. The van der Waals surface area contributed by atoms with E-state index in [0.717, 1.165) is 34.4 Å². The smallest absolute Gasteiger partial charge is 0.353 e. The Kier molecular flexibility index (Phi) is 4.94. The molecule has 0 unspecified atom stereocenters. The van der Waals surface area contributed by atoms with E-state index in [1.165, 1.54) is 25.0 Å². The zero-order chi connectivity index (χ0) is 21.4. The van der Waals surface area contributed by atoms with Crippen molar-refractivity contribution in [3.63, 3.8) is 0 Å². The molecule has 3 aromatic carbocycles. The van der Waals surface area contributed by atoms with Gasteiger partial charge in [-0.2, -0.15) is 0 Å². The second kappa shape index (κ2) is 7.91. The lowest BCUT2D eigenvalue weighted by Gasteiger charge is -2.10. The van der Waals surface area contributed by atoms with Gasteiger partial charge in [-0.05, 0) is 60.2 Å². The summed E-state index contributed by atoms with van der Waals surface area (Å²) < 4.78 is 21.0. The summed E-state index contributed by atoms with van der Waals surface area (Å²) in [5.41, 5.74) is 3.38. The standard InChI is InChI=1S/C26H22FNO3/c27-20-11-7-17(8-12-20)15-28-23-4-2-1-3-22(23)24(25(28)26(29)30)19-9-13-21(14-10-19)31-16-18-5-6-18/h1-4,7-14,18H,5-6,15-16H2,(H,29,30). The molecule has 1 saturated carbocycles. The fraction of sp³-hybridized carbons (Fsp3) is 0.192. The predicted molar refractivity (Wildman–Crippen MR) is 118 cm³/mol. The van der Waals surface area contributed by atoms with Crippen molar-refractivity contribution in [3.8, 4) is 16.9 Å². The Balaban J connectivity index is 1.59. The maximum atomic E-state index is 13.3. The van der Waals surface area contributed by atoms with Gasteiger partial charge in [0.25, 0.3) is 0 Å². The van der Waals surface area contributed by atoms with Gasteiger partial charge in [0.1, 0.15) is 17.3 Å². The molecule has 1 heterocycles. The summed E-state index contributed by atoms with van der Waals surface area (Å²) in [5.74, 6) is 0.150. The number of hydrogen-bond acceptors (Lipinski definition) is 2. The molecule has 5 rings (SSSR count). The van der Waals surface area contributed by atoms with Gasteiger partial charge >= 0.3 is 5.97 Å². The van der Waals surface area contributed by atoms with Crippen LogP contribution in [0.2, 0.25) is 0 Å². The summed E-state index contributed by atoms with van der Waals surface area (Å²) in [7, 11) is 0. The molecule has 1 N–H and O–H groups in total. The van der Waals surface area contributed by atoms with E-state index in [4.69, 9.17) is 4.74 Å². The number of halogens is 1. The average Bonchev–Trinajstić information content (AvgIpc) is 3.56. The van der Waals surface area contributed by atoms with Gasteiger partial charge in [-0.1, -0.05) is 42.5 Å². The molecule has 0 amide bonds. The van der Waals surface area contributed by atoms with Crippen molar-refractivity contribution in [3.05, 3.63) is 89.9 Å². The van der Waals surface area contributed by atoms with E-state index in [-0.39, 0.29) is 11.5 Å². The number of ether oxygens (including phenoxy) is 1. The van der Waals surface area contributed by atoms with Crippen molar-refractivity contribution in [1.82, 2.24) is 4.57 Å². The molecular formula is C26H22FNO3. The number of carboxylic acid groups (broad SMARTS) is 1. The fourth-order valence-electron chi connectivity index (χ4n) is 3.97. The number of fused-ring (bicyclic) bond motifs is 1. The van der Waals surface area contributed by atoms with Gasteiger partial charge in [-0.3, -0.25) is 0 Å². The first-order valence-corrected chi connectivity index (χ1v) is 10.4. The van der Waals surface area contributed by atoms with E-state index < -0.39 is 5.97 Å². The van der Waals surface area contributed by atoms with Gasteiger partial charge in [0.2, 0.25) is 0 Å². The highest BCUT2D eigenvalue weighted by molar-refractivity contribution is 6.08. The lowest BCUT2D eigenvalue weighted by Crippen LogP contribution is -2.10. The van der Waals surface area contributed by atoms with E-state index in [1.54, 1.807) is 16.7 Å². The highest BCUT2D eigenvalue weighted by Crippen LogP contribution is 2.37. The molecule has 0 radical (unpaired) electrons. The number of aromatic carboxylic acids is 1. The SMILES string of the molecule is O=C(O)c1c(-c2ccc(OCC3CC3)cc2)c2ccccc2n1Cc1ccc(F)cc1. The van der Waals surface area contributed by atoms with E-state index in [9.17, 15) is 14.3 Å². The highest BCUT2D eigenvalue weighted by atomic mass is 19.1. The molecule has 156 valence electrons. The third-order valence-electron chi connectivity index (χ3n) is 5.75. The van der Waals surface area contributed by atoms with Gasteiger partial charge < -0.3 is 14.4 Å². The van der Waals surface area contributed by atoms with E-state index >= 15 is 0 Å². The number of carbonyl (C=O) groups is 1. The van der Waals surface area contributed by atoms with Crippen LogP contribution in [0, 0.1) is 11.7 Å². The van der Waals surface area contributed by atoms with Gasteiger partial charge in [0.15, 0.2) is 0 Å². The molecule has 31 heavy (non-hydrogen) atoms. The molecular weight excluding hydrogens is 393 g/mol. The molecule has 0 aliphatic heterocycles. The predicted octanol–water partition coefficient (Wildman–Crippen LogP) is 5.98. The number of aromatic nitrogens is 1. The molecule has 0 bridgehead atoms. The molecule has 0 saturated heterocycles. The molecule has 0 spiro atoms. The largest absolute Gasteiger partial charge is 0.493 e. The second-order valence-electron chi connectivity index (χ2n) is 8.04. The lowest BCUT2D eigenvalue weighted by molar-refractivity contribution is 0.0687. The van der Waals surface area contributed by atoms with Crippen LogP contribution in [-0.4, -0.2) is 22.2 Å². The van der Waals surface area contributed by atoms with Gasteiger partial charge in [0, 0.05) is 23.0 Å². The van der Waals surface area contributed by atoms with Crippen molar-refractivity contribution in [2.45, 2.75) is 19.4 Å². The van der Waals surface area contributed by atoms with Crippen LogP contribution in [0.15, 0.2) is 72.8 Å². The van der Waals surface area contributed by atoms with Crippen LogP contribution in [0.25, 0.3) is 22.0 Å². The second-order valence-corrected chi connectivity index (χ2v) is 8.04. The molecule has 4 nitrogen and oxygen atoms in total. The Hall–Kier alpha value is -3.60. The number of rotatable bonds is 7. The Morgan fingerprint density at radius 3 is 2.39 bits per heavy atom. The van der Waals surface area contributed by atoms with Crippen LogP contribution < -0.4 is 4.74 Å². The molecule has 1 fully saturated rings. The maximum absolute atomic E-state index is 13.3. The first-order chi connectivity index (χ1) is 15.1. The van der Waals surface area contributed by atoms with Crippen molar-refractivity contribution in [2.75, 3.05) is 6.61 Å². The molecule has 0 atom stereocenters. The minimum Gasteiger partial charge on any atom is -0.493 e. The summed E-state index contributed by atoms with van der Waals surface area (Å²) in [5, 5.41) is 11.0. The zero-order valence-electron chi connectivity index (χ0n) is 16.9. The number of benzene rings is 3. The van der Waals surface area contributed by atoms with E-state index in [2.05, 4.69) is 0 Å². The molecule has 1 aliphatic rings. The van der Waals surface area contributed by atoms with E-state index in [1.807, 2.05) is 48.5 Å². The number of hydrogen-bond donors (Lipinski definition) is 1. The molecule has 5 heteroatoms. The van der Waals surface area contributed by atoms with Gasteiger partial charge in [-0.15, -0.1) is 0 Å². The quantitative estimate of drug-likeness (QED) is 0.404. The van der Waals surface area contributed by atoms with Crippen molar-refractivity contribution in [2.24, 2.45) is 5.92 Å². The highest BCUT2D eigenvalue weighted by Gasteiger charge is 2.24. The average molecular weight is 415 g/mol. The normalized spacial score (nSPS) is 13.5. The molecule has 1 aliphatic carbocycles. The third-order valence-corrected chi connectivity index (χ3v) is 5.75. The number of nitrogens with zero attached hydrogens (tertiary/aromatic N) is 1. The minimum absolute atomic E-state index is 0.220. The summed E-state index contributed by atoms with van der Waals surface area (Å²) in [4.78, 5) is 12.4. The minimum atomic E-state index is -0.998. The third kappa shape index (κ3) is 3.91. The zero-order valence-corrected chi connectivity index (χ0v) is 16.9.